The zero-order valence-electron chi connectivity index (χ0n) is 8.09. The van der Waals surface area contributed by atoms with Crippen LogP contribution in [-0.2, 0) is 4.74 Å². The number of nitrogens with one attached hydrogen (secondary N) is 1. The summed E-state index contributed by atoms with van der Waals surface area (Å²) in [5, 5.41) is 6.82. The molecule has 82 valence electrons. The second-order valence-electron chi connectivity index (χ2n) is 3.80. The monoisotopic (exact) mass is 207 g/mol. The standard InChI is InChI=1S/C8H15F2N3O/c1-13-3-6(4-14-7(11)12)2-8(9,10)5-13/h6H,2-5H2,1H3,(H3,11,12). The van der Waals surface area contributed by atoms with Crippen LogP contribution in [0.1, 0.15) is 6.42 Å². The fraction of sp³-hybridized carbons (Fsp3) is 0.875. The number of rotatable bonds is 2. The molecule has 6 heteroatoms. The van der Waals surface area contributed by atoms with E-state index in [1.54, 1.807) is 11.9 Å². The van der Waals surface area contributed by atoms with Crippen LogP contribution >= 0.6 is 0 Å². The summed E-state index contributed by atoms with van der Waals surface area (Å²) in [6.07, 6.45) is -0.190. The molecule has 1 fully saturated rings. The van der Waals surface area contributed by atoms with Crippen molar-refractivity contribution in [3.05, 3.63) is 0 Å². The van der Waals surface area contributed by atoms with Crippen molar-refractivity contribution in [2.45, 2.75) is 12.3 Å². The average Bonchev–Trinajstić information content (AvgIpc) is 1.96. The molecule has 14 heavy (non-hydrogen) atoms. The largest absolute Gasteiger partial charge is 0.465 e. The molecule has 1 rings (SSSR count). The first kappa shape index (κ1) is 11.2. The van der Waals surface area contributed by atoms with Gasteiger partial charge in [0.15, 0.2) is 0 Å². The van der Waals surface area contributed by atoms with Crippen molar-refractivity contribution in [2.75, 3.05) is 26.7 Å². The zero-order valence-corrected chi connectivity index (χ0v) is 8.09. The van der Waals surface area contributed by atoms with E-state index in [9.17, 15) is 8.78 Å². The normalized spacial score (nSPS) is 27.2. The predicted octanol–water partition coefficient (Wildman–Crippen LogP) is 0.483. The highest BCUT2D eigenvalue weighted by Gasteiger charge is 2.39. The molecular weight excluding hydrogens is 192 g/mol. The first-order valence-electron chi connectivity index (χ1n) is 4.42. The van der Waals surface area contributed by atoms with E-state index >= 15 is 0 Å². The maximum absolute atomic E-state index is 13.0. The van der Waals surface area contributed by atoms with E-state index in [1.807, 2.05) is 0 Å². The first-order valence-corrected chi connectivity index (χ1v) is 4.42. The van der Waals surface area contributed by atoms with Crippen LogP contribution in [0.3, 0.4) is 0 Å². The van der Waals surface area contributed by atoms with Gasteiger partial charge in [-0.15, -0.1) is 0 Å². The zero-order chi connectivity index (χ0) is 10.8. The van der Waals surface area contributed by atoms with Gasteiger partial charge < -0.3 is 15.4 Å². The highest BCUT2D eigenvalue weighted by atomic mass is 19.3. The number of hydrogen-bond donors (Lipinski definition) is 2. The summed E-state index contributed by atoms with van der Waals surface area (Å²) in [7, 11) is 1.65. The second kappa shape index (κ2) is 4.08. The van der Waals surface area contributed by atoms with Crippen LogP contribution in [0.15, 0.2) is 0 Å². The fourth-order valence-electron chi connectivity index (χ4n) is 1.77. The molecule has 0 aromatic rings. The fourth-order valence-corrected chi connectivity index (χ4v) is 1.77. The van der Waals surface area contributed by atoms with E-state index in [-0.39, 0.29) is 25.5 Å². The smallest absolute Gasteiger partial charge is 0.279 e. The lowest BCUT2D eigenvalue weighted by Gasteiger charge is -2.34. The molecule has 1 atom stereocenters. The van der Waals surface area contributed by atoms with Gasteiger partial charge in [0.2, 0.25) is 0 Å². The predicted molar refractivity (Wildman–Crippen MR) is 48.4 cm³/mol. The number of hydrogen-bond acceptors (Lipinski definition) is 3. The number of piperidine rings is 1. The second-order valence-corrected chi connectivity index (χ2v) is 3.80. The van der Waals surface area contributed by atoms with Gasteiger partial charge >= 0.3 is 0 Å². The highest BCUT2D eigenvalue weighted by molar-refractivity contribution is 5.67. The van der Waals surface area contributed by atoms with Crippen LogP contribution in [0.25, 0.3) is 0 Å². The Balaban J connectivity index is 2.42. The molecule has 3 N–H and O–H groups in total. The van der Waals surface area contributed by atoms with E-state index in [4.69, 9.17) is 15.9 Å². The molecule has 0 amide bonds. The molecule has 4 nitrogen and oxygen atoms in total. The van der Waals surface area contributed by atoms with Gasteiger partial charge in [0, 0.05) is 18.9 Å². The van der Waals surface area contributed by atoms with E-state index in [0.29, 0.717) is 6.54 Å². The van der Waals surface area contributed by atoms with E-state index in [1.165, 1.54) is 0 Å². The molecule has 0 bridgehead atoms. The van der Waals surface area contributed by atoms with E-state index in [2.05, 4.69) is 0 Å². The van der Waals surface area contributed by atoms with Crippen LogP contribution in [0, 0.1) is 11.3 Å². The van der Waals surface area contributed by atoms with Crippen LogP contribution in [-0.4, -0.2) is 43.6 Å². The van der Waals surface area contributed by atoms with Crippen molar-refractivity contribution < 1.29 is 13.5 Å². The Labute approximate surface area is 81.5 Å². The Morgan fingerprint density at radius 1 is 1.71 bits per heavy atom. The average molecular weight is 207 g/mol. The number of ether oxygens (including phenoxy) is 1. The third kappa shape index (κ3) is 3.45. The molecule has 1 saturated heterocycles. The minimum absolute atomic E-state index is 0.0925. The molecule has 0 aromatic carbocycles. The van der Waals surface area contributed by atoms with Gasteiger partial charge in [-0.25, -0.2) is 8.78 Å². The molecule has 0 saturated carbocycles. The molecule has 1 heterocycles. The van der Waals surface area contributed by atoms with Crippen molar-refractivity contribution in [2.24, 2.45) is 11.7 Å². The molecule has 0 spiro atoms. The number of halogens is 2. The van der Waals surface area contributed by atoms with E-state index in [0.717, 1.165) is 0 Å². The highest BCUT2D eigenvalue weighted by Crippen LogP contribution is 2.29. The van der Waals surface area contributed by atoms with Crippen molar-refractivity contribution >= 4 is 6.02 Å². The molecule has 1 aliphatic rings. The van der Waals surface area contributed by atoms with Crippen LogP contribution in [0.5, 0.6) is 0 Å². The molecule has 0 aromatic heterocycles. The van der Waals surface area contributed by atoms with Crippen LogP contribution in [0.4, 0.5) is 8.78 Å². The SMILES string of the molecule is CN1CC(COC(=N)N)CC(F)(F)C1. The Morgan fingerprint density at radius 3 is 2.86 bits per heavy atom. The maximum Gasteiger partial charge on any atom is 0.279 e. The quantitative estimate of drug-likeness (QED) is 0.511. The Morgan fingerprint density at radius 2 is 2.36 bits per heavy atom. The van der Waals surface area contributed by atoms with Crippen LogP contribution in [0.2, 0.25) is 0 Å². The number of alkyl halides is 2. The summed E-state index contributed by atoms with van der Waals surface area (Å²) in [4.78, 5) is 1.57. The van der Waals surface area contributed by atoms with Gasteiger partial charge in [-0.05, 0) is 7.05 Å². The summed E-state index contributed by atoms with van der Waals surface area (Å²) in [6, 6.07) is -0.415. The third-order valence-corrected chi connectivity index (χ3v) is 2.13. The Hall–Kier alpha value is -0.910. The van der Waals surface area contributed by atoms with Gasteiger partial charge in [0.05, 0.1) is 13.2 Å². The van der Waals surface area contributed by atoms with Crippen LogP contribution < -0.4 is 5.73 Å². The summed E-state index contributed by atoms with van der Waals surface area (Å²) in [5.41, 5.74) is 4.97. The molecule has 0 radical (unpaired) electrons. The van der Waals surface area contributed by atoms with Crippen molar-refractivity contribution in [3.63, 3.8) is 0 Å². The Bertz CT molecular complexity index is 223. The topological polar surface area (TPSA) is 62.3 Å². The third-order valence-electron chi connectivity index (χ3n) is 2.13. The summed E-state index contributed by atoms with van der Waals surface area (Å²) < 4.78 is 30.8. The minimum atomic E-state index is -2.65. The summed E-state index contributed by atoms with van der Waals surface area (Å²) >= 11 is 0. The minimum Gasteiger partial charge on any atom is -0.465 e. The lowest BCUT2D eigenvalue weighted by Crippen LogP contribution is -2.46. The van der Waals surface area contributed by atoms with Crippen molar-refractivity contribution in [1.82, 2.24) is 4.90 Å². The molecule has 1 aliphatic heterocycles. The van der Waals surface area contributed by atoms with Gasteiger partial charge in [-0.1, -0.05) is 0 Å². The van der Waals surface area contributed by atoms with Crippen molar-refractivity contribution in [3.8, 4) is 0 Å². The maximum atomic E-state index is 13.0. The Kier molecular flexibility index (Phi) is 3.25. The van der Waals surface area contributed by atoms with Gasteiger partial charge in [-0.2, -0.15) is 0 Å². The lowest BCUT2D eigenvalue weighted by molar-refractivity contribution is -0.0844. The van der Waals surface area contributed by atoms with Gasteiger partial charge in [0.25, 0.3) is 11.9 Å². The summed E-state index contributed by atoms with van der Waals surface area (Å²) in [6.45, 7) is 0.446. The molecule has 0 aliphatic carbocycles. The van der Waals surface area contributed by atoms with Crippen molar-refractivity contribution in [1.29, 1.82) is 5.41 Å². The number of nitrogens with two attached hydrogens (primary N) is 1. The van der Waals surface area contributed by atoms with Gasteiger partial charge in [-0.3, -0.25) is 5.41 Å². The number of likely N-dealkylation sites (tertiary alicyclic amines) is 1. The van der Waals surface area contributed by atoms with Gasteiger partial charge in [0.1, 0.15) is 0 Å². The van der Waals surface area contributed by atoms with E-state index < -0.39 is 11.9 Å². The number of nitrogens with zero attached hydrogens (tertiary/aromatic N) is 1. The summed E-state index contributed by atoms with van der Waals surface area (Å²) in [5.74, 6) is -2.91. The lowest BCUT2D eigenvalue weighted by atomic mass is 9.96. The number of amidine groups is 1. The molecular formula is C8H15F2N3O. The first-order chi connectivity index (χ1) is 6.39. The molecule has 1 unspecified atom stereocenters.